The Morgan fingerprint density at radius 2 is 1.77 bits per heavy atom. The minimum atomic E-state index is -0.504. The van der Waals surface area contributed by atoms with Gasteiger partial charge in [0.15, 0.2) is 0 Å². The Labute approximate surface area is 151 Å². The van der Waals surface area contributed by atoms with Crippen LogP contribution in [-0.4, -0.2) is 15.9 Å². The van der Waals surface area contributed by atoms with Crippen molar-refractivity contribution in [1.29, 1.82) is 0 Å². The van der Waals surface area contributed by atoms with Gasteiger partial charge < -0.3 is 10.6 Å². The average Bonchev–Trinajstić information content (AvgIpc) is 2.64. The van der Waals surface area contributed by atoms with E-state index in [1.807, 2.05) is 24.3 Å². The summed E-state index contributed by atoms with van der Waals surface area (Å²) in [6, 6.07) is 15.4. The molecule has 0 radical (unpaired) electrons. The van der Waals surface area contributed by atoms with Crippen LogP contribution in [0.4, 0.5) is 21.7 Å². The molecule has 2 N–H and O–H groups in total. The minimum Gasteiger partial charge on any atom is -0.324 e. The van der Waals surface area contributed by atoms with E-state index < -0.39 is 11.7 Å². The summed E-state index contributed by atoms with van der Waals surface area (Å²) in [5.41, 5.74) is 2.30. The van der Waals surface area contributed by atoms with Gasteiger partial charge in [0.05, 0.1) is 5.69 Å². The zero-order valence-corrected chi connectivity index (χ0v) is 14.5. The summed E-state index contributed by atoms with van der Waals surface area (Å²) < 4.78 is 13.7. The van der Waals surface area contributed by atoms with E-state index in [1.54, 1.807) is 12.1 Å². The molecule has 2 aromatic carbocycles. The lowest BCUT2D eigenvalue weighted by atomic mass is 10.0. The predicted molar refractivity (Wildman–Crippen MR) is 100 cm³/mol. The van der Waals surface area contributed by atoms with Crippen molar-refractivity contribution in [3.05, 3.63) is 77.9 Å². The number of anilines is 3. The Kier molecular flexibility index (Phi) is 5.22. The van der Waals surface area contributed by atoms with Crippen LogP contribution in [0.5, 0.6) is 0 Å². The van der Waals surface area contributed by atoms with E-state index in [9.17, 15) is 9.18 Å². The number of carbonyl (C=O) groups excluding carboxylic acids is 1. The fourth-order valence-corrected chi connectivity index (χ4v) is 2.37. The van der Waals surface area contributed by atoms with Crippen LogP contribution in [0.15, 0.2) is 60.8 Å². The summed E-state index contributed by atoms with van der Waals surface area (Å²) in [6.45, 7) is 4.26. The topological polar surface area (TPSA) is 66.9 Å². The first-order chi connectivity index (χ1) is 12.5. The first kappa shape index (κ1) is 17.5. The maximum Gasteiger partial charge on any atom is 0.274 e. The highest BCUT2D eigenvalue weighted by Gasteiger charge is 2.11. The number of aromatic nitrogens is 2. The normalized spacial score (nSPS) is 10.6. The van der Waals surface area contributed by atoms with E-state index in [0.717, 1.165) is 5.69 Å². The molecule has 0 fully saturated rings. The molecule has 1 amide bonds. The molecule has 0 unspecified atom stereocenters. The monoisotopic (exact) mass is 350 g/mol. The molecule has 0 saturated heterocycles. The average molecular weight is 350 g/mol. The van der Waals surface area contributed by atoms with Gasteiger partial charge in [-0.25, -0.2) is 14.4 Å². The highest BCUT2D eigenvalue weighted by atomic mass is 19.1. The molecule has 0 saturated carbocycles. The SMILES string of the molecule is CC(C)c1ccc(Nc2nccc(C(=O)Nc3ccccc3F)n2)cc1. The molecule has 132 valence electrons. The van der Waals surface area contributed by atoms with Crippen LogP contribution in [0, 0.1) is 5.82 Å². The minimum absolute atomic E-state index is 0.106. The summed E-state index contributed by atoms with van der Waals surface area (Å²) in [5.74, 6) is -0.261. The quantitative estimate of drug-likeness (QED) is 0.698. The number of hydrogen-bond acceptors (Lipinski definition) is 4. The molecule has 0 aliphatic carbocycles. The smallest absolute Gasteiger partial charge is 0.274 e. The lowest BCUT2D eigenvalue weighted by Gasteiger charge is -2.09. The fourth-order valence-electron chi connectivity index (χ4n) is 2.37. The van der Waals surface area contributed by atoms with E-state index in [2.05, 4.69) is 34.4 Å². The summed E-state index contributed by atoms with van der Waals surface area (Å²) in [6.07, 6.45) is 1.48. The van der Waals surface area contributed by atoms with Crippen molar-refractivity contribution in [2.75, 3.05) is 10.6 Å². The number of nitrogens with zero attached hydrogens (tertiary/aromatic N) is 2. The number of hydrogen-bond donors (Lipinski definition) is 2. The molecule has 1 aromatic heterocycles. The lowest BCUT2D eigenvalue weighted by molar-refractivity contribution is 0.102. The third kappa shape index (κ3) is 4.22. The van der Waals surface area contributed by atoms with Crippen LogP contribution < -0.4 is 10.6 Å². The van der Waals surface area contributed by atoms with Gasteiger partial charge in [-0.3, -0.25) is 4.79 Å². The summed E-state index contributed by atoms with van der Waals surface area (Å²) >= 11 is 0. The first-order valence-electron chi connectivity index (χ1n) is 8.29. The molecule has 3 aromatic rings. The molecule has 0 bridgehead atoms. The van der Waals surface area contributed by atoms with Crippen molar-refractivity contribution in [2.45, 2.75) is 19.8 Å². The predicted octanol–water partition coefficient (Wildman–Crippen LogP) is 4.74. The maximum atomic E-state index is 13.7. The molecule has 0 aliphatic rings. The van der Waals surface area contributed by atoms with Gasteiger partial charge in [-0.05, 0) is 41.8 Å². The van der Waals surface area contributed by atoms with E-state index in [-0.39, 0.29) is 11.4 Å². The second-order valence-corrected chi connectivity index (χ2v) is 6.10. The second-order valence-electron chi connectivity index (χ2n) is 6.10. The third-order valence-corrected chi connectivity index (χ3v) is 3.84. The van der Waals surface area contributed by atoms with Gasteiger partial charge >= 0.3 is 0 Å². The van der Waals surface area contributed by atoms with E-state index >= 15 is 0 Å². The highest BCUT2D eigenvalue weighted by molar-refractivity contribution is 6.03. The van der Waals surface area contributed by atoms with Gasteiger partial charge in [0.1, 0.15) is 11.5 Å². The van der Waals surface area contributed by atoms with Crippen LogP contribution in [0.2, 0.25) is 0 Å². The molecular weight excluding hydrogens is 331 g/mol. The number of rotatable bonds is 5. The van der Waals surface area contributed by atoms with Gasteiger partial charge in [0.25, 0.3) is 5.91 Å². The van der Waals surface area contributed by atoms with Gasteiger partial charge in [-0.15, -0.1) is 0 Å². The van der Waals surface area contributed by atoms with E-state index in [4.69, 9.17) is 0 Å². The number of carbonyl (C=O) groups is 1. The van der Waals surface area contributed by atoms with Gasteiger partial charge in [0.2, 0.25) is 5.95 Å². The van der Waals surface area contributed by atoms with E-state index in [1.165, 1.54) is 30.0 Å². The largest absolute Gasteiger partial charge is 0.324 e. The molecule has 3 rings (SSSR count). The molecular formula is C20H19FN4O. The molecule has 26 heavy (non-hydrogen) atoms. The van der Waals surface area contributed by atoms with Crippen molar-refractivity contribution < 1.29 is 9.18 Å². The molecule has 0 aliphatic heterocycles. The summed E-state index contributed by atoms with van der Waals surface area (Å²) in [7, 11) is 0. The Morgan fingerprint density at radius 3 is 2.46 bits per heavy atom. The van der Waals surface area contributed by atoms with Crippen LogP contribution in [0.3, 0.4) is 0 Å². The number of para-hydroxylation sites is 1. The van der Waals surface area contributed by atoms with Crippen LogP contribution >= 0.6 is 0 Å². The van der Waals surface area contributed by atoms with Crippen molar-refractivity contribution in [3.63, 3.8) is 0 Å². The van der Waals surface area contributed by atoms with Crippen molar-refractivity contribution in [2.24, 2.45) is 0 Å². The standard InChI is InChI=1S/C20H19FN4O/c1-13(2)14-7-9-15(10-8-14)23-20-22-12-11-18(25-20)19(26)24-17-6-4-3-5-16(17)21/h3-13H,1-2H3,(H,24,26)(H,22,23,25). The van der Waals surface area contributed by atoms with Crippen molar-refractivity contribution in [1.82, 2.24) is 9.97 Å². The summed E-state index contributed by atoms with van der Waals surface area (Å²) in [5, 5.41) is 5.57. The second kappa shape index (κ2) is 7.74. The van der Waals surface area contributed by atoms with Crippen molar-refractivity contribution in [3.8, 4) is 0 Å². The van der Waals surface area contributed by atoms with Gasteiger partial charge in [0, 0.05) is 11.9 Å². The maximum absolute atomic E-state index is 13.7. The molecule has 5 nitrogen and oxygen atoms in total. The molecule has 0 atom stereocenters. The molecule has 6 heteroatoms. The van der Waals surface area contributed by atoms with E-state index in [0.29, 0.717) is 11.9 Å². The zero-order valence-electron chi connectivity index (χ0n) is 14.5. The highest BCUT2D eigenvalue weighted by Crippen LogP contribution is 2.19. The van der Waals surface area contributed by atoms with Crippen LogP contribution in [-0.2, 0) is 0 Å². The Hall–Kier alpha value is -3.28. The fraction of sp³-hybridized carbons (Fsp3) is 0.150. The Balaban J connectivity index is 1.73. The van der Waals surface area contributed by atoms with Crippen LogP contribution in [0.1, 0.15) is 35.8 Å². The number of benzene rings is 2. The Morgan fingerprint density at radius 1 is 1.04 bits per heavy atom. The molecule has 0 spiro atoms. The van der Waals surface area contributed by atoms with Gasteiger partial charge in [-0.2, -0.15) is 0 Å². The Bertz CT molecular complexity index is 910. The molecule has 1 heterocycles. The number of amides is 1. The lowest BCUT2D eigenvalue weighted by Crippen LogP contribution is -2.15. The number of nitrogens with one attached hydrogen (secondary N) is 2. The first-order valence-corrected chi connectivity index (χ1v) is 8.29. The van der Waals surface area contributed by atoms with Crippen LogP contribution in [0.25, 0.3) is 0 Å². The third-order valence-electron chi connectivity index (χ3n) is 3.84. The van der Waals surface area contributed by atoms with Gasteiger partial charge in [-0.1, -0.05) is 38.1 Å². The summed E-state index contributed by atoms with van der Waals surface area (Å²) in [4.78, 5) is 20.6. The number of halogens is 1. The van der Waals surface area contributed by atoms with Crippen molar-refractivity contribution >= 4 is 23.2 Å². The zero-order chi connectivity index (χ0) is 18.5.